The maximum Gasteiger partial charge on any atom is 0.573 e. The van der Waals surface area contributed by atoms with Crippen LogP contribution in [0.5, 0.6) is 5.75 Å². The lowest BCUT2D eigenvalue weighted by molar-refractivity contribution is -0.274. The molecule has 28 heavy (non-hydrogen) atoms. The van der Waals surface area contributed by atoms with Crippen molar-refractivity contribution in [2.45, 2.75) is 26.3 Å². The first-order valence-corrected chi connectivity index (χ1v) is 8.40. The summed E-state index contributed by atoms with van der Waals surface area (Å²) in [5.74, 6) is 0.532. The van der Waals surface area contributed by atoms with Gasteiger partial charge in [0.2, 0.25) is 5.95 Å². The van der Waals surface area contributed by atoms with Crippen LogP contribution in [-0.2, 0) is 0 Å². The molecule has 6 nitrogen and oxygen atoms in total. The molecule has 0 amide bonds. The molecule has 0 radical (unpaired) electrons. The van der Waals surface area contributed by atoms with Gasteiger partial charge in [-0.2, -0.15) is 9.67 Å². The minimum absolute atomic E-state index is 0.0566. The average molecular weight is 390 g/mol. The molecule has 146 valence electrons. The van der Waals surface area contributed by atoms with Gasteiger partial charge < -0.3 is 10.1 Å². The quantitative estimate of drug-likeness (QED) is 0.629. The summed E-state index contributed by atoms with van der Waals surface area (Å²) in [5, 5.41) is 7.61. The van der Waals surface area contributed by atoms with Crippen molar-refractivity contribution in [3.8, 4) is 22.8 Å². The van der Waals surface area contributed by atoms with Crippen molar-refractivity contribution in [3.05, 3.63) is 54.1 Å². The zero-order chi connectivity index (χ0) is 20.3. The van der Waals surface area contributed by atoms with Crippen LogP contribution in [-0.4, -0.2) is 33.5 Å². The van der Waals surface area contributed by atoms with Gasteiger partial charge in [0, 0.05) is 17.2 Å². The molecule has 0 saturated heterocycles. The Morgan fingerprint density at radius 2 is 1.71 bits per heavy atom. The molecular formula is C19H17F3N4O2. The number of rotatable bonds is 6. The summed E-state index contributed by atoms with van der Waals surface area (Å²) in [5.41, 5.74) is 1.75. The van der Waals surface area contributed by atoms with Crippen molar-refractivity contribution in [2.24, 2.45) is 0 Å². The third-order valence-corrected chi connectivity index (χ3v) is 3.64. The van der Waals surface area contributed by atoms with Gasteiger partial charge in [-0.25, -0.2) is 0 Å². The molecule has 0 atom stereocenters. The second-order valence-electron chi connectivity index (χ2n) is 6.25. The van der Waals surface area contributed by atoms with Crippen LogP contribution in [0, 0.1) is 0 Å². The van der Waals surface area contributed by atoms with Gasteiger partial charge in [-0.15, -0.1) is 18.3 Å². The van der Waals surface area contributed by atoms with Gasteiger partial charge in [-0.05, 0) is 38.1 Å². The molecule has 3 rings (SSSR count). The summed E-state index contributed by atoms with van der Waals surface area (Å²) in [6.07, 6.45) is -4.01. The van der Waals surface area contributed by atoms with Crippen LogP contribution in [0.4, 0.5) is 19.1 Å². The fraction of sp³-hybridized carbons (Fsp3) is 0.211. The van der Waals surface area contributed by atoms with E-state index in [-0.39, 0.29) is 11.8 Å². The van der Waals surface area contributed by atoms with E-state index >= 15 is 0 Å². The molecule has 0 spiro atoms. The highest BCUT2D eigenvalue weighted by molar-refractivity contribution is 5.76. The highest BCUT2D eigenvalue weighted by atomic mass is 19.4. The maximum atomic E-state index is 12.3. The first-order chi connectivity index (χ1) is 13.2. The van der Waals surface area contributed by atoms with Gasteiger partial charge in [0.05, 0.1) is 5.69 Å². The molecule has 9 heteroatoms. The number of nitrogens with zero attached hydrogens (tertiary/aromatic N) is 3. The van der Waals surface area contributed by atoms with Crippen molar-refractivity contribution < 1.29 is 22.7 Å². The number of alkyl halides is 3. The van der Waals surface area contributed by atoms with Crippen LogP contribution in [0.15, 0.2) is 48.5 Å². The molecule has 0 saturated carbocycles. The van der Waals surface area contributed by atoms with E-state index in [1.165, 1.54) is 28.9 Å². The highest BCUT2D eigenvalue weighted by Gasteiger charge is 2.31. The number of aromatic nitrogens is 3. The monoisotopic (exact) mass is 390 g/mol. The van der Waals surface area contributed by atoms with Crippen LogP contribution in [0.2, 0.25) is 0 Å². The third kappa shape index (κ3) is 4.67. The van der Waals surface area contributed by atoms with Crippen molar-refractivity contribution in [1.82, 2.24) is 14.8 Å². The van der Waals surface area contributed by atoms with E-state index in [2.05, 4.69) is 20.1 Å². The molecule has 1 heterocycles. The van der Waals surface area contributed by atoms with Crippen LogP contribution >= 0.6 is 0 Å². The predicted octanol–water partition coefficient (Wildman–Crippen LogP) is 4.47. The fourth-order valence-electron chi connectivity index (χ4n) is 2.47. The Kier molecular flexibility index (Phi) is 5.34. The van der Waals surface area contributed by atoms with Crippen molar-refractivity contribution in [1.29, 1.82) is 0 Å². The Morgan fingerprint density at radius 3 is 2.25 bits per heavy atom. The molecule has 0 aliphatic rings. The van der Waals surface area contributed by atoms with E-state index in [1.54, 1.807) is 24.3 Å². The number of hydrogen-bond donors (Lipinski definition) is 1. The second kappa shape index (κ2) is 7.71. The molecule has 2 aromatic carbocycles. The first kappa shape index (κ1) is 19.4. The van der Waals surface area contributed by atoms with Gasteiger partial charge in [-0.3, -0.25) is 4.79 Å². The van der Waals surface area contributed by atoms with Gasteiger partial charge in [0.1, 0.15) is 12.0 Å². The Balaban J connectivity index is 1.96. The van der Waals surface area contributed by atoms with E-state index in [4.69, 9.17) is 0 Å². The molecule has 1 aromatic heterocycles. The van der Waals surface area contributed by atoms with E-state index in [0.717, 1.165) is 6.29 Å². The van der Waals surface area contributed by atoms with Crippen molar-refractivity contribution >= 4 is 12.2 Å². The standard InChI is InChI=1S/C19H17F3N4O2/c1-12(2)23-18-24-17(14-5-3-13(11-27)4-6-14)25-26(18)15-7-9-16(10-8-15)28-19(20,21)22/h3-12H,1-2H3,(H,23,24,25). The lowest BCUT2D eigenvalue weighted by Gasteiger charge is -2.12. The summed E-state index contributed by atoms with van der Waals surface area (Å²) >= 11 is 0. The van der Waals surface area contributed by atoms with Crippen molar-refractivity contribution in [3.63, 3.8) is 0 Å². The minimum atomic E-state index is -4.75. The molecular weight excluding hydrogens is 373 g/mol. The number of anilines is 1. The minimum Gasteiger partial charge on any atom is -0.406 e. The Bertz CT molecular complexity index is 949. The van der Waals surface area contributed by atoms with E-state index in [9.17, 15) is 18.0 Å². The summed E-state index contributed by atoms with van der Waals surface area (Å²) in [6.45, 7) is 3.86. The number of ether oxygens (including phenoxy) is 1. The smallest absolute Gasteiger partial charge is 0.406 e. The molecule has 0 aliphatic carbocycles. The fourth-order valence-corrected chi connectivity index (χ4v) is 2.47. The van der Waals surface area contributed by atoms with Gasteiger partial charge in [0.15, 0.2) is 5.82 Å². The number of hydrogen-bond acceptors (Lipinski definition) is 5. The van der Waals surface area contributed by atoms with Gasteiger partial charge in [-0.1, -0.05) is 24.3 Å². The summed E-state index contributed by atoms with van der Waals surface area (Å²) in [6, 6.07) is 12.2. The van der Waals surface area contributed by atoms with E-state index < -0.39 is 6.36 Å². The van der Waals surface area contributed by atoms with E-state index in [1.807, 2.05) is 13.8 Å². The van der Waals surface area contributed by atoms with Crippen LogP contribution < -0.4 is 10.1 Å². The maximum absolute atomic E-state index is 12.3. The predicted molar refractivity (Wildman–Crippen MR) is 97.6 cm³/mol. The number of carbonyl (C=O) groups excluding carboxylic acids is 1. The Morgan fingerprint density at radius 1 is 1.07 bits per heavy atom. The lowest BCUT2D eigenvalue weighted by atomic mass is 10.1. The van der Waals surface area contributed by atoms with Gasteiger partial charge in [0.25, 0.3) is 0 Å². The lowest BCUT2D eigenvalue weighted by Crippen LogP contribution is -2.17. The zero-order valence-corrected chi connectivity index (χ0v) is 15.1. The second-order valence-corrected chi connectivity index (χ2v) is 6.25. The molecule has 3 aromatic rings. The van der Waals surface area contributed by atoms with Crippen molar-refractivity contribution in [2.75, 3.05) is 5.32 Å². The van der Waals surface area contributed by atoms with Crippen LogP contribution in [0.3, 0.4) is 0 Å². The average Bonchev–Trinajstić information content (AvgIpc) is 3.04. The topological polar surface area (TPSA) is 69.0 Å². The Hall–Kier alpha value is -3.36. The van der Waals surface area contributed by atoms with Crippen LogP contribution in [0.1, 0.15) is 24.2 Å². The third-order valence-electron chi connectivity index (χ3n) is 3.64. The number of aldehydes is 1. The number of nitrogens with one attached hydrogen (secondary N) is 1. The molecule has 0 unspecified atom stereocenters. The zero-order valence-electron chi connectivity index (χ0n) is 15.1. The normalized spacial score (nSPS) is 11.5. The molecule has 0 bridgehead atoms. The summed E-state index contributed by atoms with van der Waals surface area (Å²) in [7, 11) is 0. The summed E-state index contributed by atoms with van der Waals surface area (Å²) in [4.78, 5) is 15.3. The first-order valence-electron chi connectivity index (χ1n) is 8.40. The molecule has 0 aliphatic heterocycles. The number of benzene rings is 2. The highest BCUT2D eigenvalue weighted by Crippen LogP contribution is 2.26. The number of carbonyl (C=O) groups is 1. The Labute approximate surface area is 159 Å². The number of halogens is 3. The molecule has 0 fully saturated rings. The van der Waals surface area contributed by atoms with E-state index in [0.29, 0.717) is 28.6 Å². The SMILES string of the molecule is CC(C)Nc1nc(-c2ccc(C=O)cc2)nn1-c1ccc(OC(F)(F)F)cc1. The van der Waals surface area contributed by atoms with Crippen LogP contribution in [0.25, 0.3) is 17.1 Å². The largest absolute Gasteiger partial charge is 0.573 e. The summed E-state index contributed by atoms with van der Waals surface area (Å²) < 4.78 is 42.4. The van der Waals surface area contributed by atoms with Gasteiger partial charge >= 0.3 is 6.36 Å². The molecule has 1 N–H and O–H groups in total.